The predicted molar refractivity (Wildman–Crippen MR) is 97.9 cm³/mol. The van der Waals surface area contributed by atoms with Gasteiger partial charge in [-0.15, -0.1) is 0 Å². The molecule has 0 aliphatic rings. The lowest BCUT2D eigenvalue weighted by atomic mass is 10.0. The standard InChI is InChI=1S/C20H25NO4/c1-12(2)8-9-17-10-13(3)18(20(24)25-17)19(23)21-16-7-5-6-15(11-16)14(4)22/h5-7,10-12,14,22H,8-9H2,1-4H3,(H,21,23). The summed E-state index contributed by atoms with van der Waals surface area (Å²) in [4.78, 5) is 24.7. The third kappa shape index (κ3) is 5.03. The van der Waals surface area contributed by atoms with E-state index in [0.717, 1.165) is 6.42 Å². The van der Waals surface area contributed by atoms with Crippen molar-refractivity contribution in [2.75, 3.05) is 5.32 Å². The maximum absolute atomic E-state index is 12.5. The molecule has 1 amide bonds. The van der Waals surface area contributed by atoms with Crippen molar-refractivity contribution in [3.63, 3.8) is 0 Å². The second-order valence-electron chi connectivity index (χ2n) is 6.75. The molecule has 2 aromatic rings. The highest BCUT2D eigenvalue weighted by molar-refractivity contribution is 6.04. The molecule has 1 aromatic carbocycles. The summed E-state index contributed by atoms with van der Waals surface area (Å²) >= 11 is 0. The lowest BCUT2D eigenvalue weighted by Gasteiger charge is -2.10. The van der Waals surface area contributed by atoms with Gasteiger partial charge < -0.3 is 14.8 Å². The normalized spacial score (nSPS) is 12.2. The lowest BCUT2D eigenvalue weighted by molar-refractivity contribution is 0.102. The number of aryl methyl sites for hydroxylation is 2. The van der Waals surface area contributed by atoms with Crippen molar-refractivity contribution in [2.45, 2.75) is 46.6 Å². The fourth-order valence-electron chi connectivity index (χ4n) is 2.57. The fourth-order valence-corrected chi connectivity index (χ4v) is 2.57. The fraction of sp³-hybridized carbons (Fsp3) is 0.400. The maximum Gasteiger partial charge on any atom is 0.349 e. The van der Waals surface area contributed by atoms with Crippen LogP contribution in [0.4, 0.5) is 5.69 Å². The first kappa shape index (κ1) is 18.9. The zero-order chi connectivity index (χ0) is 18.6. The minimum Gasteiger partial charge on any atom is -0.427 e. The van der Waals surface area contributed by atoms with Crippen LogP contribution < -0.4 is 10.9 Å². The number of carbonyl (C=O) groups is 1. The monoisotopic (exact) mass is 343 g/mol. The van der Waals surface area contributed by atoms with Gasteiger partial charge in [0.1, 0.15) is 11.3 Å². The summed E-state index contributed by atoms with van der Waals surface area (Å²) in [5.41, 5.74) is 1.19. The Morgan fingerprint density at radius 3 is 2.56 bits per heavy atom. The van der Waals surface area contributed by atoms with E-state index in [1.807, 2.05) is 0 Å². The number of anilines is 1. The number of carbonyl (C=O) groups excluding carboxylic acids is 1. The molecule has 25 heavy (non-hydrogen) atoms. The summed E-state index contributed by atoms with van der Waals surface area (Å²) in [5.74, 6) is 0.600. The smallest absolute Gasteiger partial charge is 0.349 e. The molecule has 0 saturated carbocycles. The van der Waals surface area contributed by atoms with Gasteiger partial charge in [0, 0.05) is 12.1 Å². The number of nitrogens with one attached hydrogen (secondary N) is 1. The largest absolute Gasteiger partial charge is 0.427 e. The van der Waals surface area contributed by atoms with E-state index in [0.29, 0.717) is 34.9 Å². The molecular formula is C20H25NO4. The van der Waals surface area contributed by atoms with Gasteiger partial charge in [-0.2, -0.15) is 0 Å². The summed E-state index contributed by atoms with van der Waals surface area (Å²) in [6, 6.07) is 8.64. The molecule has 0 saturated heterocycles. The van der Waals surface area contributed by atoms with E-state index < -0.39 is 17.6 Å². The summed E-state index contributed by atoms with van der Waals surface area (Å²) in [7, 11) is 0. The van der Waals surface area contributed by atoms with Crippen molar-refractivity contribution in [3.8, 4) is 0 Å². The Bertz CT molecular complexity index is 806. The van der Waals surface area contributed by atoms with Gasteiger partial charge in [-0.05, 0) is 55.5 Å². The van der Waals surface area contributed by atoms with Crippen LogP contribution in [0.2, 0.25) is 0 Å². The van der Waals surface area contributed by atoms with E-state index in [4.69, 9.17) is 4.42 Å². The SMILES string of the molecule is Cc1cc(CCC(C)C)oc(=O)c1C(=O)Nc1cccc(C(C)O)c1. The molecular weight excluding hydrogens is 318 g/mol. The molecule has 0 bridgehead atoms. The molecule has 2 rings (SSSR count). The van der Waals surface area contributed by atoms with Gasteiger partial charge in [-0.1, -0.05) is 26.0 Å². The van der Waals surface area contributed by atoms with Crippen LogP contribution in [0.3, 0.4) is 0 Å². The molecule has 0 fully saturated rings. The Morgan fingerprint density at radius 2 is 1.96 bits per heavy atom. The van der Waals surface area contributed by atoms with Gasteiger partial charge in [0.2, 0.25) is 0 Å². The third-order valence-corrected chi connectivity index (χ3v) is 4.02. The summed E-state index contributed by atoms with van der Waals surface area (Å²) in [5, 5.41) is 12.3. The zero-order valence-corrected chi connectivity index (χ0v) is 15.1. The molecule has 0 spiro atoms. The second kappa shape index (κ2) is 8.12. The second-order valence-corrected chi connectivity index (χ2v) is 6.75. The van der Waals surface area contributed by atoms with Crippen molar-refractivity contribution >= 4 is 11.6 Å². The first-order chi connectivity index (χ1) is 11.8. The topological polar surface area (TPSA) is 79.5 Å². The zero-order valence-electron chi connectivity index (χ0n) is 15.1. The van der Waals surface area contributed by atoms with Gasteiger partial charge in [-0.25, -0.2) is 4.79 Å². The summed E-state index contributed by atoms with van der Waals surface area (Å²) < 4.78 is 5.30. The van der Waals surface area contributed by atoms with E-state index in [9.17, 15) is 14.7 Å². The van der Waals surface area contributed by atoms with Crippen molar-refractivity contribution in [1.29, 1.82) is 0 Å². The van der Waals surface area contributed by atoms with E-state index in [-0.39, 0.29) is 5.56 Å². The molecule has 1 atom stereocenters. The van der Waals surface area contributed by atoms with Crippen molar-refractivity contribution in [2.24, 2.45) is 5.92 Å². The Kier molecular flexibility index (Phi) is 6.15. The number of amides is 1. The molecule has 2 N–H and O–H groups in total. The summed E-state index contributed by atoms with van der Waals surface area (Å²) in [6.45, 7) is 7.59. The third-order valence-electron chi connectivity index (χ3n) is 4.02. The van der Waals surface area contributed by atoms with Crippen LogP contribution in [0.1, 0.15) is 60.5 Å². The molecule has 5 heteroatoms. The molecule has 5 nitrogen and oxygen atoms in total. The van der Waals surface area contributed by atoms with Crippen LogP contribution in [-0.4, -0.2) is 11.0 Å². The number of rotatable bonds is 6. The van der Waals surface area contributed by atoms with E-state index in [2.05, 4.69) is 19.2 Å². The van der Waals surface area contributed by atoms with E-state index in [1.165, 1.54) is 0 Å². The van der Waals surface area contributed by atoms with E-state index >= 15 is 0 Å². The number of benzene rings is 1. The van der Waals surface area contributed by atoms with Gasteiger partial charge in [0.15, 0.2) is 0 Å². The Hall–Kier alpha value is -2.40. The van der Waals surface area contributed by atoms with Gasteiger partial charge in [0.05, 0.1) is 6.10 Å². The minimum atomic E-state index is -0.635. The number of aliphatic hydroxyl groups excluding tert-OH is 1. The molecule has 1 heterocycles. The minimum absolute atomic E-state index is 0.00995. The van der Waals surface area contributed by atoms with Crippen LogP contribution in [0, 0.1) is 12.8 Å². The van der Waals surface area contributed by atoms with Crippen LogP contribution >= 0.6 is 0 Å². The number of aliphatic hydroxyl groups is 1. The highest BCUT2D eigenvalue weighted by Gasteiger charge is 2.17. The highest BCUT2D eigenvalue weighted by atomic mass is 16.4. The van der Waals surface area contributed by atoms with E-state index in [1.54, 1.807) is 44.2 Å². The average Bonchev–Trinajstić information content (AvgIpc) is 2.52. The number of hydrogen-bond donors (Lipinski definition) is 2. The first-order valence-electron chi connectivity index (χ1n) is 8.51. The molecule has 1 unspecified atom stereocenters. The molecule has 1 aromatic heterocycles. The molecule has 0 radical (unpaired) electrons. The Labute approximate surface area is 147 Å². The predicted octanol–water partition coefficient (Wildman–Crippen LogP) is 3.84. The maximum atomic E-state index is 12.5. The van der Waals surface area contributed by atoms with Crippen molar-refractivity contribution in [1.82, 2.24) is 0 Å². The van der Waals surface area contributed by atoms with Crippen LogP contribution in [-0.2, 0) is 6.42 Å². The van der Waals surface area contributed by atoms with Gasteiger partial charge >= 0.3 is 5.63 Å². The Morgan fingerprint density at radius 1 is 1.24 bits per heavy atom. The number of hydrogen-bond acceptors (Lipinski definition) is 4. The van der Waals surface area contributed by atoms with Crippen LogP contribution in [0.15, 0.2) is 39.5 Å². The molecule has 0 aliphatic heterocycles. The van der Waals surface area contributed by atoms with Crippen molar-refractivity contribution < 1.29 is 14.3 Å². The van der Waals surface area contributed by atoms with Gasteiger partial charge in [0.25, 0.3) is 5.91 Å². The summed E-state index contributed by atoms with van der Waals surface area (Å²) in [6.07, 6.45) is 0.954. The van der Waals surface area contributed by atoms with Crippen LogP contribution in [0.25, 0.3) is 0 Å². The lowest BCUT2D eigenvalue weighted by Crippen LogP contribution is -2.23. The molecule has 134 valence electrons. The van der Waals surface area contributed by atoms with Crippen molar-refractivity contribution in [3.05, 3.63) is 63.2 Å². The quantitative estimate of drug-likeness (QED) is 0.835. The highest BCUT2D eigenvalue weighted by Crippen LogP contribution is 2.18. The first-order valence-corrected chi connectivity index (χ1v) is 8.51. The Balaban J connectivity index is 2.22. The van der Waals surface area contributed by atoms with Crippen LogP contribution in [0.5, 0.6) is 0 Å². The average molecular weight is 343 g/mol. The van der Waals surface area contributed by atoms with Gasteiger partial charge in [-0.3, -0.25) is 4.79 Å². The molecule has 0 aliphatic carbocycles.